The molecule has 0 aliphatic heterocycles. The zero-order valence-corrected chi connectivity index (χ0v) is 10.1. The molecule has 0 aliphatic rings. The second-order valence-corrected chi connectivity index (χ2v) is 4.12. The van der Waals surface area contributed by atoms with Gasteiger partial charge in [0.15, 0.2) is 6.10 Å². The van der Waals surface area contributed by atoms with Crippen molar-refractivity contribution in [1.82, 2.24) is 0 Å². The molecule has 0 fully saturated rings. The molecule has 2 unspecified atom stereocenters. The summed E-state index contributed by atoms with van der Waals surface area (Å²) in [5, 5.41) is 8.78. The molecule has 1 aromatic rings. The Hall–Kier alpha value is -1.60. The van der Waals surface area contributed by atoms with Crippen LogP contribution in [0.3, 0.4) is 0 Å². The van der Waals surface area contributed by atoms with Crippen molar-refractivity contribution < 1.29 is 9.13 Å². The highest BCUT2D eigenvalue weighted by Gasteiger charge is 2.09. The molecule has 0 saturated carbocycles. The summed E-state index contributed by atoms with van der Waals surface area (Å²) in [6.07, 6.45) is 0.604. The lowest BCUT2D eigenvalue weighted by Crippen LogP contribution is -2.18. The largest absolute Gasteiger partial charge is 0.475 e. The van der Waals surface area contributed by atoms with Crippen LogP contribution >= 0.6 is 0 Å². The average molecular weight is 236 g/mol. The van der Waals surface area contributed by atoms with Crippen LogP contribution in [0.15, 0.2) is 18.2 Å². The molecular weight excluding hydrogens is 219 g/mol. The molecule has 0 heterocycles. The first-order chi connectivity index (χ1) is 8.05. The van der Waals surface area contributed by atoms with Crippen molar-refractivity contribution in [3.8, 4) is 11.8 Å². The van der Waals surface area contributed by atoms with Crippen LogP contribution in [0.1, 0.15) is 25.8 Å². The highest BCUT2D eigenvalue weighted by atomic mass is 19.1. The lowest BCUT2D eigenvalue weighted by molar-refractivity contribution is 0.250. The minimum absolute atomic E-state index is 0.0393. The van der Waals surface area contributed by atoms with Crippen molar-refractivity contribution >= 4 is 0 Å². The van der Waals surface area contributed by atoms with Gasteiger partial charge in [0.25, 0.3) is 0 Å². The van der Waals surface area contributed by atoms with Gasteiger partial charge in [0, 0.05) is 12.1 Å². The van der Waals surface area contributed by atoms with E-state index in [1.807, 2.05) is 19.9 Å². The number of hydrogen-bond acceptors (Lipinski definition) is 3. The number of nitrogens with zero attached hydrogens (tertiary/aromatic N) is 1. The SMILES string of the molecule is CCC(C#N)Oc1cc(F)cc(CC(C)N)c1. The fraction of sp³-hybridized carbons (Fsp3) is 0.462. The molecule has 1 rings (SSSR count). The third-order valence-corrected chi connectivity index (χ3v) is 2.28. The van der Waals surface area contributed by atoms with E-state index in [9.17, 15) is 4.39 Å². The van der Waals surface area contributed by atoms with Crippen molar-refractivity contribution in [2.45, 2.75) is 38.8 Å². The fourth-order valence-corrected chi connectivity index (χ4v) is 1.54. The van der Waals surface area contributed by atoms with E-state index in [0.717, 1.165) is 5.56 Å². The average Bonchev–Trinajstić information content (AvgIpc) is 2.24. The van der Waals surface area contributed by atoms with Crippen LogP contribution in [-0.2, 0) is 6.42 Å². The highest BCUT2D eigenvalue weighted by Crippen LogP contribution is 2.19. The van der Waals surface area contributed by atoms with Gasteiger partial charge < -0.3 is 10.5 Å². The van der Waals surface area contributed by atoms with E-state index < -0.39 is 6.10 Å². The topological polar surface area (TPSA) is 59.0 Å². The van der Waals surface area contributed by atoms with Gasteiger partial charge >= 0.3 is 0 Å². The summed E-state index contributed by atoms with van der Waals surface area (Å²) >= 11 is 0. The number of halogens is 1. The summed E-state index contributed by atoms with van der Waals surface area (Å²) < 4.78 is 18.7. The summed E-state index contributed by atoms with van der Waals surface area (Å²) in [6, 6.07) is 6.42. The van der Waals surface area contributed by atoms with E-state index in [4.69, 9.17) is 15.7 Å². The molecule has 2 atom stereocenters. The molecule has 4 heteroatoms. The van der Waals surface area contributed by atoms with Crippen LogP contribution in [0.5, 0.6) is 5.75 Å². The normalized spacial score (nSPS) is 13.8. The van der Waals surface area contributed by atoms with Crippen LogP contribution in [0.4, 0.5) is 4.39 Å². The summed E-state index contributed by atoms with van der Waals surface area (Å²) in [5.74, 6) is 0.0139. The number of nitrogens with two attached hydrogens (primary N) is 1. The molecule has 0 aromatic heterocycles. The monoisotopic (exact) mass is 236 g/mol. The molecule has 1 aromatic carbocycles. The van der Waals surface area contributed by atoms with Crippen LogP contribution in [0.2, 0.25) is 0 Å². The number of ether oxygens (including phenoxy) is 1. The van der Waals surface area contributed by atoms with Crippen molar-refractivity contribution in [1.29, 1.82) is 5.26 Å². The Morgan fingerprint density at radius 2 is 2.18 bits per heavy atom. The highest BCUT2D eigenvalue weighted by molar-refractivity contribution is 5.30. The van der Waals surface area contributed by atoms with Crippen LogP contribution in [0, 0.1) is 17.1 Å². The molecule has 0 amide bonds. The zero-order chi connectivity index (χ0) is 12.8. The summed E-state index contributed by atoms with van der Waals surface area (Å²) in [6.45, 7) is 3.70. The van der Waals surface area contributed by atoms with Crippen molar-refractivity contribution in [3.05, 3.63) is 29.6 Å². The fourth-order valence-electron chi connectivity index (χ4n) is 1.54. The van der Waals surface area contributed by atoms with Gasteiger partial charge in [-0.2, -0.15) is 5.26 Å². The van der Waals surface area contributed by atoms with Crippen molar-refractivity contribution in [3.63, 3.8) is 0 Å². The molecule has 0 aliphatic carbocycles. The number of hydrogen-bond donors (Lipinski definition) is 1. The van der Waals surface area contributed by atoms with Gasteiger partial charge in [-0.05, 0) is 37.5 Å². The Morgan fingerprint density at radius 1 is 1.47 bits per heavy atom. The maximum absolute atomic E-state index is 13.3. The minimum Gasteiger partial charge on any atom is -0.475 e. The number of benzene rings is 1. The lowest BCUT2D eigenvalue weighted by Gasteiger charge is -2.12. The standard InChI is InChI=1S/C13H17FN2O/c1-3-12(8-15)17-13-6-10(4-9(2)16)5-11(14)7-13/h5-7,9,12H,3-4,16H2,1-2H3. The number of rotatable bonds is 5. The molecule has 92 valence electrons. The predicted octanol–water partition coefficient (Wildman–Crippen LogP) is 2.40. The molecule has 17 heavy (non-hydrogen) atoms. The maximum Gasteiger partial charge on any atom is 0.184 e. The summed E-state index contributed by atoms with van der Waals surface area (Å²) in [4.78, 5) is 0. The van der Waals surface area contributed by atoms with Gasteiger partial charge in [-0.1, -0.05) is 6.92 Å². The molecular formula is C13H17FN2O. The summed E-state index contributed by atoms with van der Waals surface area (Å²) in [7, 11) is 0. The molecule has 3 nitrogen and oxygen atoms in total. The molecule has 0 radical (unpaired) electrons. The van der Waals surface area contributed by atoms with E-state index in [0.29, 0.717) is 18.6 Å². The second-order valence-electron chi connectivity index (χ2n) is 4.12. The van der Waals surface area contributed by atoms with Crippen molar-refractivity contribution in [2.75, 3.05) is 0 Å². The maximum atomic E-state index is 13.3. The third kappa shape index (κ3) is 4.41. The van der Waals surface area contributed by atoms with Gasteiger partial charge in [0.2, 0.25) is 0 Å². The Morgan fingerprint density at radius 3 is 2.71 bits per heavy atom. The van der Waals surface area contributed by atoms with Crippen LogP contribution in [-0.4, -0.2) is 12.1 Å². The van der Waals surface area contributed by atoms with E-state index in [1.54, 1.807) is 6.07 Å². The zero-order valence-electron chi connectivity index (χ0n) is 10.1. The minimum atomic E-state index is -0.542. The van der Waals surface area contributed by atoms with Crippen molar-refractivity contribution in [2.24, 2.45) is 5.73 Å². The first-order valence-corrected chi connectivity index (χ1v) is 5.66. The van der Waals surface area contributed by atoms with Gasteiger partial charge in [-0.25, -0.2) is 4.39 Å². The predicted molar refractivity (Wildman–Crippen MR) is 64.1 cm³/mol. The van der Waals surface area contributed by atoms with E-state index >= 15 is 0 Å². The summed E-state index contributed by atoms with van der Waals surface area (Å²) in [5.41, 5.74) is 6.44. The van der Waals surface area contributed by atoms with Gasteiger partial charge in [0.05, 0.1) is 0 Å². The van der Waals surface area contributed by atoms with E-state index in [-0.39, 0.29) is 11.9 Å². The Bertz CT molecular complexity index is 412. The first-order valence-electron chi connectivity index (χ1n) is 5.66. The first kappa shape index (κ1) is 13.5. The smallest absolute Gasteiger partial charge is 0.184 e. The molecule has 0 bridgehead atoms. The molecule has 2 N–H and O–H groups in total. The lowest BCUT2D eigenvalue weighted by atomic mass is 10.1. The Balaban J connectivity index is 2.86. The second kappa shape index (κ2) is 6.21. The third-order valence-electron chi connectivity index (χ3n) is 2.28. The van der Waals surface area contributed by atoms with E-state index in [2.05, 4.69) is 0 Å². The van der Waals surface area contributed by atoms with Crippen LogP contribution < -0.4 is 10.5 Å². The quantitative estimate of drug-likeness (QED) is 0.854. The molecule has 0 spiro atoms. The Labute approximate surface area is 101 Å². The van der Waals surface area contributed by atoms with E-state index in [1.165, 1.54) is 12.1 Å². The molecule has 0 saturated heterocycles. The van der Waals surface area contributed by atoms with Crippen LogP contribution in [0.25, 0.3) is 0 Å². The van der Waals surface area contributed by atoms with Gasteiger partial charge in [0.1, 0.15) is 17.6 Å². The van der Waals surface area contributed by atoms with Gasteiger partial charge in [-0.15, -0.1) is 0 Å². The number of nitriles is 1. The Kier molecular flexibility index (Phi) is 4.92. The van der Waals surface area contributed by atoms with Gasteiger partial charge in [-0.3, -0.25) is 0 Å².